The van der Waals surface area contributed by atoms with Gasteiger partial charge < -0.3 is 9.64 Å². The molecule has 0 radical (unpaired) electrons. The van der Waals surface area contributed by atoms with Gasteiger partial charge in [0, 0.05) is 7.05 Å². The molecule has 2 aromatic rings. The third-order valence-corrected chi connectivity index (χ3v) is 3.75. The lowest BCUT2D eigenvalue weighted by Gasteiger charge is -2.25. The van der Waals surface area contributed by atoms with Gasteiger partial charge in [-0.15, -0.1) is 0 Å². The van der Waals surface area contributed by atoms with Crippen molar-refractivity contribution in [1.82, 2.24) is 4.90 Å². The Bertz CT molecular complexity index is 770. The Hall–Kier alpha value is -2.94. The first-order chi connectivity index (χ1) is 11.4. The van der Waals surface area contributed by atoms with Gasteiger partial charge in [-0.2, -0.15) is 5.26 Å². The summed E-state index contributed by atoms with van der Waals surface area (Å²) in [7, 11) is 1.57. The van der Waals surface area contributed by atoms with E-state index in [1.807, 2.05) is 6.07 Å². The number of ether oxygens (including phenoxy) is 1. The number of benzene rings is 2. The Morgan fingerprint density at radius 1 is 1.21 bits per heavy atom. The lowest BCUT2D eigenvalue weighted by atomic mass is 10.1. The molecule has 0 saturated heterocycles. The standard InChI is InChI=1S/C18H16F2N2O2/c1-12(14-5-8-16(19)17(20)9-14)22(2)18(23)11-24-15-6-3-13(10-21)4-7-15/h3-9,12H,11H2,1-2H3. The van der Waals surface area contributed by atoms with Crippen molar-refractivity contribution in [2.45, 2.75) is 13.0 Å². The minimum absolute atomic E-state index is 0.198. The highest BCUT2D eigenvalue weighted by molar-refractivity contribution is 5.78. The van der Waals surface area contributed by atoms with E-state index < -0.39 is 17.7 Å². The summed E-state index contributed by atoms with van der Waals surface area (Å²) in [5, 5.41) is 8.72. The molecule has 0 N–H and O–H groups in total. The van der Waals surface area contributed by atoms with Crippen molar-refractivity contribution >= 4 is 5.91 Å². The quantitative estimate of drug-likeness (QED) is 0.844. The molecule has 1 unspecified atom stereocenters. The van der Waals surface area contributed by atoms with E-state index in [0.29, 0.717) is 16.9 Å². The molecule has 2 aromatic carbocycles. The lowest BCUT2D eigenvalue weighted by Crippen LogP contribution is -2.33. The van der Waals surface area contributed by atoms with E-state index in [1.165, 1.54) is 11.0 Å². The third-order valence-electron chi connectivity index (χ3n) is 3.75. The first-order valence-corrected chi connectivity index (χ1v) is 7.26. The van der Waals surface area contributed by atoms with Crippen LogP contribution in [0.5, 0.6) is 5.75 Å². The monoisotopic (exact) mass is 330 g/mol. The summed E-state index contributed by atoms with van der Waals surface area (Å²) in [6, 6.07) is 11.5. The maximum atomic E-state index is 13.3. The number of likely N-dealkylation sites (N-methyl/N-ethyl adjacent to an activating group) is 1. The van der Waals surface area contributed by atoms with Crippen molar-refractivity contribution in [1.29, 1.82) is 5.26 Å². The average molecular weight is 330 g/mol. The Morgan fingerprint density at radius 2 is 1.88 bits per heavy atom. The second-order valence-electron chi connectivity index (χ2n) is 5.28. The first kappa shape index (κ1) is 17.4. The first-order valence-electron chi connectivity index (χ1n) is 7.26. The molecular formula is C18H16F2N2O2. The number of rotatable bonds is 5. The summed E-state index contributed by atoms with van der Waals surface area (Å²) in [4.78, 5) is 13.6. The number of halogens is 2. The molecule has 1 amide bonds. The van der Waals surface area contributed by atoms with Crippen LogP contribution in [0.1, 0.15) is 24.1 Å². The van der Waals surface area contributed by atoms with Crippen molar-refractivity contribution in [2.24, 2.45) is 0 Å². The van der Waals surface area contributed by atoms with Crippen molar-refractivity contribution < 1.29 is 18.3 Å². The van der Waals surface area contributed by atoms with E-state index in [1.54, 1.807) is 38.2 Å². The molecule has 0 spiro atoms. The number of nitriles is 1. The lowest BCUT2D eigenvalue weighted by molar-refractivity contribution is -0.134. The normalized spacial score (nSPS) is 11.5. The van der Waals surface area contributed by atoms with Gasteiger partial charge in [-0.3, -0.25) is 4.79 Å². The Morgan fingerprint density at radius 3 is 2.46 bits per heavy atom. The van der Waals surface area contributed by atoms with Crippen LogP contribution < -0.4 is 4.74 Å². The summed E-state index contributed by atoms with van der Waals surface area (Å²) in [5.41, 5.74) is 0.987. The van der Waals surface area contributed by atoms with Crippen LogP contribution in [0.3, 0.4) is 0 Å². The zero-order valence-electron chi connectivity index (χ0n) is 13.3. The fourth-order valence-electron chi connectivity index (χ4n) is 2.08. The smallest absolute Gasteiger partial charge is 0.260 e. The van der Waals surface area contributed by atoms with Crippen LogP contribution in [0.15, 0.2) is 42.5 Å². The summed E-state index contributed by atoms with van der Waals surface area (Å²) < 4.78 is 31.7. The molecule has 0 bridgehead atoms. The topological polar surface area (TPSA) is 53.3 Å². The number of hydrogen-bond acceptors (Lipinski definition) is 3. The van der Waals surface area contributed by atoms with Gasteiger partial charge in [-0.1, -0.05) is 6.07 Å². The molecule has 0 fully saturated rings. The van der Waals surface area contributed by atoms with Crippen LogP contribution in [0.2, 0.25) is 0 Å². The number of carbonyl (C=O) groups excluding carboxylic acids is 1. The van der Waals surface area contributed by atoms with Crippen LogP contribution in [0.25, 0.3) is 0 Å². The zero-order valence-corrected chi connectivity index (χ0v) is 13.3. The Balaban J connectivity index is 1.97. The fraction of sp³-hybridized carbons (Fsp3) is 0.222. The van der Waals surface area contributed by atoms with Gasteiger partial charge in [0.25, 0.3) is 5.91 Å². The van der Waals surface area contributed by atoms with E-state index >= 15 is 0 Å². The largest absolute Gasteiger partial charge is 0.484 e. The molecule has 4 nitrogen and oxygen atoms in total. The molecular weight excluding hydrogens is 314 g/mol. The van der Waals surface area contributed by atoms with Crippen LogP contribution >= 0.6 is 0 Å². The minimum Gasteiger partial charge on any atom is -0.484 e. The van der Waals surface area contributed by atoms with Crippen molar-refractivity contribution in [3.05, 3.63) is 65.2 Å². The van der Waals surface area contributed by atoms with Crippen LogP contribution in [-0.4, -0.2) is 24.5 Å². The number of amides is 1. The number of hydrogen-bond donors (Lipinski definition) is 0. The van der Waals surface area contributed by atoms with Gasteiger partial charge >= 0.3 is 0 Å². The van der Waals surface area contributed by atoms with E-state index in [4.69, 9.17) is 10.00 Å². The highest BCUT2D eigenvalue weighted by Gasteiger charge is 2.19. The SMILES string of the molecule is CC(c1ccc(F)c(F)c1)N(C)C(=O)COc1ccc(C#N)cc1. The van der Waals surface area contributed by atoms with Crippen molar-refractivity contribution in [2.75, 3.05) is 13.7 Å². The van der Waals surface area contributed by atoms with E-state index in [0.717, 1.165) is 12.1 Å². The van der Waals surface area contributed by atoms with E-state index in [2.05, 4.69) is 0 Å². The zero-order chi connectivity index (χ0) is 17.7. The fourth-order valence-corrected chi connectivity index (χ4v) is 2.08. The third kappa shape index (κ3) is 4.07. The van der Waals surface area contributed by atoms with E-state index in [9.17, 15) is 13.6 Å². The second-order valence-corrected chi connectivity index (χ2v) is 5.28. The maximum Gasteiger partial charge on any atom is 0.260 e. The Labute approximate surface area is 138 Å². The molecule has 6 heteroatoms. The van der Waals surface area contributed by atoms with Gasteiger partial charge in [0.15, 0.2) is 18.2 Å². The molecule has 124 valence electrons. The molecule has 0 aromatic heterocycles. The van der Waals surface area contributed by atoms with Gasteiger partial charge in [0.05, 0.1) is 17.7 Å². The summed E-state index contributed by atoms with van der Waals surface area (Å²) in [6.07, 6.45) is 0. The van der Waals surface area contributed by atoms with Crippen LogP contribution in [-0.2, 0) is 4.79 Å². The van der Waals surface area contributed by atoms with Crippen molar-refractivity contribution in [3.63, 3.8) is 0 Å². The minimum atomic E-state index is -0.950. The van der Waals surface area contributed by atoms with Gasteiger partial charge in [0.2, 0.25) is 0 Å². The van der Waals surface area contributed by atoms with Crippen LogP contribution in [0.4, 0.5) is 8.78 Å². The highest BCUT2D eigenvalue weighted by atomic mass is 19.2. The summed E-state index contributed by atoms with van der Waals surface area (Å²) >= 11 is 0. The molecule has 0 aliphatic carbocycles. The molecule has 0 aliphatic rings. The second kappa shape index (κ2) is 7.55. The van der Waals surface area contributed by atoms with E-state index in [-0.39, 0.29) is 12.5 Å². The molecule has 0 saturated carbocycles. The predicted octanol–water partition coefficient (Wildman–Crippen LogP) is 3.43. The maximum absolute atomic E-state index is 13.3. The molecule has 1 atom stereocenters. The molecule has 0 heterocycles. The van der Waals surface area contributed by atoms with Gasteiger partial charge in [-0.05, 0) is 48.9 Å². The number of nitrogens with zero attached hydrogens (tertiary/aromatic N) is 2. The van der Waals surface area contributed by atoms with Crippen molar-refractivity contribution in [3.8, 4) is 11.8 Å². The predicted molar refractivity (Wildman–Crippen MR) is 84.2 cm³/mol. The number of carbonyl (C=O) groups is 1. The van der Waals surface area contributed by atoms with Crippen LogP contribution in [0, 0.1) is 23.0 Å². The highest BCUT2D eigenvalue weighted by Crippen LogP contribution is 2.21. The van der Waals surface area contributed by atoms with Gasteiger partial charge in [-0.25, -0.2) is 8.78 Å². The molecule has 24 heavy (non-hydrogen) atoms. The summed E-state index contributed by atoms with van der Waals surface area (Å²) in [6.45, 7) is 1.52. The molecule has 0 aliphatic heterocycles. The summed E-state index contributed by atoms with van der Waals surface area (Å²) in [5.74, 6) is -1.72. The Kier molecular flexibility index (Phi) is 5.48. The van der Waals surface area contributed by atoms with Gasteiger partial charge in [0.1, 0.15) is 5.75 Å². The molecule has 2 rings (SSSR count). The average Bonchev–Trinajstić information content (AvgIpc) is 2.61.